The Morgan fingerprint density at radius 2 is 1.79 bits per heavy atom. The van der Waals surface area contributed by atoms with Crippen molar-refractivity contribution in [2.45, 2.75) is 38.5 Å². The first-order chi connectivity index (χ1) is 6.47. The Morgan fingerprint density at radius 1 is 1.21 bits per heavy atom. The minimum Gasteiger partial charge on any atom is -0.330 e. The lowest BCUT2D eigenvalue weighted by Crippen LogP contribution is -2.34. The van der Waals surface area contributed by atoms with E-state index in [0.717, 1.165) is 25.7 Å². The van der Waals surface area contributed by atoms with E-state index < -0.39 is 10.1 Å². The van der Waals surface area contributed by atoms with Crippen molar-refractivity contribution in [1.82, 2.24) is 0 Å². The van der Waals surface area contributed by atoms with E-state index in [-0.39, 0.29) is 11.2 Å². The lowest BCUT2D eigenvalue weighted by atomic mass is 9.72. The first-order valence-electron chi connectivity index (χ1n) is 5.13. The molecule has 0 amide bonds. The van der Waals surface area contributed by atoms with Crippen LogP contribution in [-0.2, 0) is 10.1 Å². The first kappa shape index (κ1) is 11.9. The third-order valence-corrected chi connectivity index (χ3v) is 3.96. The highest BCUT2D eigenvalue weighted by Gasteiger charge is 2.31. The molecule has 0 aromatic heterocycles. The zero-order valence-electron chi connectivity index (χ0n) is 8.41. The fraction of sp³-hybridized carbons (Fsp3) is 1.00. The van der Waals surface area contributed by atoms with Crippen LogP contribution in [0.1, 0.15) is 38.5 Å². The number of hydrogen-bond donors (Lipinski definition) is 2. The van der Waals surface area contributed by atoms with Crippen molar-refractivity contribution in [3.8, 4) is 0 Å². The Hall–Kier alpha value is -0.130. The molecule has 1 aliphatic rings. The SMILES string of the molecule is NCC1(CCS(=O)(=O)O)CCCCC1. The van der Waals surface area contributed by atoms with Crippen LogP contribution in [0.25, 0.3) is 0 Å². The van der Waals surface area contributed by atoms with Crippen LogP contribution in [-0.4, -0.2) is 25.3 Å². The molecule has 1 rings (SSSR count). The van der Waals surface area contributed by atoms with E-state index in [2.05, 4.69) is 0 Å². The van der Waals surface area contributed by atoms with Crippen LogP contribution in [0.15, 0.2) is 0 Å². The van der Waals surface area contributed by atoms with Crippen LogP contribution >= 0.6 is 0 Å². The fourth-order valence-electron chi connectivity index (χ4n) is 2.20. The van der Waals surface area contributed by atoms with E-state index >= 15 is 0 Å². The van der Waals surface area contributed by atoms with Crippen molar-refractivity contribution in [2.24, 2.45) is 11.1 Å². The van der Waals surface area contributed by atoms with Gasteiger partial charge in [0.1, 0.15) is 0 Å². The fourth-order valence-corrected chi connectivity index (χ4v) is 2.89. The van der Waals surface area contributed by atoms with Gasteiger partial charge >= 0.3 is 0 Å². The van der Waals surface area contributed by atoms with Gasteiger partial charge in [0.25, 0.3) is 10.1 Å². The number of rotatable bonds is 4. The van der Waals surface area contributed by atoms with Gasteiger partial charge in [-0.3, -0.25) is 4.55 Å². The van der Waals surface area contributed by atoms with Gasteiger partial charge in [-0.15, -0.1) is 0 Å². The Morgan fingerprint density at radius 3 is 2.21 bits per heavy atom. The molecule has 5 heteroatoms. The molecule has 14 heavy (non-hydrogen) atoms. The number of nitrogens with two attached hydrogens (primary N) is 1. The van der Waals surface area contributed by atoms with Crippen LogP contribution in [0.2, 0.25) is 0 Å². The molecule has 0 unspecified atom stereocenters. The molecule has 1 saturated carbocycles. The quantitative estimate of drug-likeness (QED) is 0.698. The van der Waals surface area contributed by atoms with Gasteiger partial charge in [0, 0.05) is 0 Å². The zero-order chi connectivity index (χ0) is 10.7. The average Bonchev–Trinajstić information content (AvgIpc) is 2.15. The summed E-state index contributed by atoms with van der Waals surface area (Å²) in [5.41, 5.74) is 5.66. The normalized spacial score (nSPS) is 22.1. The van der Waals surface area contributed by atoms with Gasteiger partial charge in [0.2, 0.25) is 0 Å². The zero-order valence-corrected chi connectivity index (χ0v) is 9.22. The summed E-state index contributed by atoms with van der Waals surface area (Å²) >= 11 is 0. The summed E-state index contributed by atoms with van der Waals surface area (Å²) in [6, 6.07) is 0. The minimum absolute atomic E-state index is 0.0337. The van der Waals surface area contributed by atoms with Crippen LogP contribution in [0.5, 0.6) is 0 Å². The van der Waals surface area contributed by atoms with Gasteiger partial charge in [0.05, 0.1) is 5.75 Å². The predicted octanol–water partition coefficient (Wildman–Crippen LogP) is 1.17. The second-order valence-electron chi connectivity index (χ2n) is 4.30. The second-order valence-corrected chi connectivity index (χ2v) is 5.87. The van der Waals surface area contributed by atoms with E-state index in [4.69, 9.17) is 10.3 Å². The van der Waals surface area contributed by atoms with Gasteiger partial charge in [-0.25, -0.2) is 0 Å². The molecule has 0 atom stereocenters. The average molecular weight is 221 g/mol. The van der Waals surface area contributed by atoms with E-state index in [1.165, 1.54) is 6.42 Å². The van der Waals surface area contributed by atoms with Crippen molar-refractivity contribution >= 4 is 10.1 Å². The molecule has 0 aromatic carbocycles. The van der Waals surface area contributed by atoms with Gasteiger partial charge < -0.3 is 5.73 Å². The lowest BCUT2D eigenvalue weighted by molar-refractivity contribution is 0.190. The summed E-state index contributed by atoms with van der Waals surface area (Å²) in [6.45, 7) is 0.530. The second kappa shape index (κ2) is 4.59. The van der Waals surface area contributed by atoms with Gasteiger partial charge in [0.15, 0.2) is 0 Å². The van der Waals surface area contributed by atoms with E-state index in [1.54, 1.807) is 0 Å². The van der Waals surface area contributed by atoms with E-state index in [1.807, 2.05) is 0 Å². The standard InChI is InChI=1S/C9H19NO3S/c10-8-9(4-2-1-3-5-9)6-7-14(11,12)13/h1-8,10H2,(H,11,12,13). The lowest BCUT2D eigenvalue weighted by Gasteiger charge is -2.35. The third kappa shape index (κ3) is 3.55. The molecule has 84 valence electrons. The van der Waals surface area contributed by atoms with Gasteiger partial charge in [-0.05, 0) is 31.2 Å². The Labute approximate surface area is 85.6 Å². The molecular formula is C9H19NO3S. The molecule has 0 saturated heterocycles. The molecule has 0 spiro atoms. The summed E-state index contributed by atoms with van der Waals surface area (Å²) in [7, 11) is -3.83. The molecule has 1 aliphatic carbocycles. The summed E-state index contributed by atoms with van der Waals surface area (Å²) in [5.74, 6) is -0.149. The summed E-state index contributed by atoms with van der Waals surface area (Å²) in [6.07, 6.45) is 5.97. The summed E-state index contributed by atoms with van der Waals surface area (Å²) in [4.78, 5) is 0. The highest BCUT2D eigenvalue weighted by atomic mass is 32.2. The first-order valence-corrected chi connectivity index (χ1v) is 6.74. The highest BCUT2D eigenvalue weighted by Crippen LogP contribution is 2.38. The Balaban J connectivity index is 2.52. The van der Waals surface area contributed by atoms with Crippen molar-refractivity contribution in [1.29, 1.82) is 0 Å². The molecule has 4 nitrogen and oxygen atoms in total. The van der Waals surface area contributed by atoms with Crippen molar-refractivity contribution in [3.63, 3.8) is 0 Å². The Kier molecular flexibility index (Phi) is 3.92. The van der Waals surface area contributed by atoms with Crippen LogP contribution < -0.4 is 5.73 Å². The van der Waals surface area contributed by atoms with Crippen LogP contribution in [0.3, 0.4) is 0 Å². The topological polar surface area (TPSA) is 80.4 Å². The predicted molar refractivity (Wildman–Crippen MR) is 55.6 cm³/mol. The van der Waals surface area contributed by atoms with Crippen molar-refractivity contribution in [2.75, 3.05) is 12.3 Å². The van der Waals surface area contributed by atoms with Crippen molar-refractivity contribution < 1.29 is 13.0 Å². The van der Waals surface area contributed by atoms with Gasteiger partial charge in [-0.2, -0.15) is 8.42 Å². The van der Waals surface area contributed by atoms with Crippen LogP contribution in [0.4, 0.5) is 0 Å². The maximum absolute atomic E-state index is 10.6. The largest absolute Gasteiger partial charge is 0.330 e. The molecule has 3 N–H and O–H groups in total. The summed E-state index contributed by atoms with van der Waals surface area (Å²) < 4.78 is 30.0. The minimum atomic E-state index is -3.83. The van der Waals surface area contributed by atoms with Crippen LogP contribution in [0, 0.1) is 5.41 Å². The molecule has 0 heterocycles. The van der Waals surface area contributed by atoms with E-state index in [9.17, 15) is 8.42 Å². The number of hydrogen-bond acceptors (Lipinski definition) is 3. The maximum atomic E-state index is 10.6. The Bertz CT molecular complexity index is 268. The molecule has 1 fully saturated rings. The molecule has 0 aliphatic heterocycles. The smallest absolute Gasteiger partial charge is 0.264 e. The van der Waals surface area contributed by atoms with E-state index in [0.29, 0.717) is 13.0 Å². The monoisotopic (exact) mass is 221 g/mol. The third-order valence-electron chi connectivity index (χ3n) is 3.24. The summed E-state index contributed by atoms with van der Waals surface area (Å²) in [5, 5.41) is 0. The van der Waals surface area contributed by atoms with Crippen molar-refractivity contribution in [3.05, 3.63) is 0 Å². The van der Waals surface area contributed by atoms with Gasteiger partial charge in [-0.1, -0.05) is 19.3 Å². The molecular weight excluding hydrogens is 202 g/mol. The highest BCUT2D eigenvalue weighted by molar-refractivity contribution is 7.85. The maximum Gasteiger partial charge on any atom is 0.264 e. The molecule has 0 aromatic rings. The molecule has 0 radical (unpaired) electrons. The molecule has 0 bridgehead atoms.